The van der Waals surface area contributed by atoms with E-state index >= 15 is 0 Å². The van der Waals surface area contributed by atoms with Gasteiger partial charge in [0.25, 0.3) is 0 Å². The van der Waals surface area contributed by atoms with Gasteiger partial charge in [0.15, 0.2) is 0 Å². The average molecular weight is 274 g/mol. The second kappa shape index (κ2) is 4.85. The van der Waals surface area contributed by atoms with Gasteiger partial charge in [0.1, 0.15) is 5.82 Å². The van der Waals surface area contributed by atoms with Crippen LogP contribution in [-0.4, -0.2) is 40.6 Å². The van der Waals surface area contributed by atoms with Crippen molar-refractivity contribution in [3.05, 3.63) is 17.2 Å². The van der Waals surface area contributed by atoms with Gasteiger partial charge in [-0.25, -0.2) is 4.98 Å². The fraction of sp³-hybridized carbons (Fsp3) is 0.812. The van der Waals surface area contributed by atoms with Gasteiger partial charge in [-0.15, -0.1) is 0 Å². The topological polar surface area (TPSA) is 33.1 Å². The van der Waals surface area contributed by atoms with E-state index in [1.807, 2.05) is 0 Å². The summed E-state index contributed by atoms with van der Waals surface area (Å²) in [7, 11) is 0. The second-order valence-electron chi connectivity index (χ2n) is 7.02. The van der Waals surface area contributed by atoms with E-state index in [0.29, 0.717) is 12.0 Å². The largest absolute Gasteiger partial charge is 0.327 e. The lowest BCUT2D eigenvalue weighted by Crippen LogP contribution is -2.48. The number of nitrogens with zero attached hydrogens (tertiary/aromatic N) is 3. The monoisotopic (exact) mass is 274 g/mol. The van der Waals surface area contributed by atoms with Crippen LogP contribution in [0.3, 0.4) is 0 Å². The molecule has 2 bridgehead atoms. The molecule has 0 radical (unpaired) electrons. The van der Waals surface area contributed by atoms with Crippen LogP contribution in [0.5, 0.6) is 0 Å². The first-order chi connectivity index (χ1) is 9.74. The van der Waals surface area contributed by atoms with E-state index in [-0.39, 0.29) is 0 Å². The lowest BCUT2D eigenvalue weighted by molar-refractivity contribution is 0.0540. The van der Waals surface area contributed by atoms with Gasteiger partial charge in [0, 0.05) is 37.7 Å². The molecule has 1 unspecified atom stereocenters. The zero-order valence-electron chi connectivity index (χ0n) is 12.7. The van der Waals surface area contributed by atoms with E-state index in [1.165, 1.54) is 49.7 Å². The summed E-state index contributed by atoms with van der Waals surface area (Å²) in [6, 6.07) is 0.684. The smallest absolute Gasteiger partial charge is 0.112 e. The van der Waals surface area contributed by atoms with E-state index in [9.17, 15) is 0 Å². The number of fused-ring (bicyclic) bond motifs is 4. The highest BCUT2D eigenvalue weighted by Crippen LogP contribution is 2.39. The summed E-state index contributed by atoms with van der Waals surface area (Å²) in [5.41, 5.74) is 2.85. The molecule has 110 valence electrons. The summed E-state index contributed by atoms with van der Waals surface area (Å²) in [5, 5.41) is 3.47. The summed E-state index contributed by atoms with van der Waals surface area (Å²) in [4.78, 5) is 7.65. The lowest BCUT2D eigenvalue weighted by Gasteiger charge is -2.46. The third kappa shape index (κ3) is 1.92. The summed E-state index contributed by atoms with van der Waals surface area (Å²) >= 11 is 0. The van der Waals surface area contributed by atoms with Crippen molar-refractivity contribution >= 4 is 0 Å². The van der Waals surface area contributed by atoms with E-state index in [4.69, 9.17) is 4.98 Å². The maximum atomic E-state index is 4.99. The zero-order chi connectivity index (χ0) is 13.7. The van der Waals surface area contributed by atoms with Gasteiger partial charge in [-0.1, -0.05) is 13.8 Å². The van der Waals surface area contributed by atoms with Crippen LogP contribution in [0.1, 0.15) is 55.9 Å². The Morgan fingerprint density at radius 2 is 2.05 bits per heavy atom. The first-order valence-electron chi connectivity index (χ1n) is 8.27. The Labute approximate surface area is 121 Å². The van der Waals surface area contributed by atoms with Crippen molar-refractivity contribution in [2.24, 2.45) is 5.92 Å². The molecule has 0 spiro atoms. The minimum Gasteiger partial charge on any atom is -0.327 e. The normalized spacial score (nSPS) is 32.6. The molecular formula is C16H26N4. The fourth-order valence-corrected chi connectivity index (χ4v) is 4.36. The number of hydrogen-bond donors (Lipinski definition) is 1. The van der Waals surface area contributed by atoms with Crippen molar-refractivity contribution in [1.82, 2.24) is 19.8 Å². The van der Waals surface area contributed by atoms with Gasteiger partial charge in [0.2, 0.25) is 0 Å². The quantitative estimate of drug-likeness (QED) is 0.894. The number of nitrogens with one attached hydrogen (secondary N) is 1. The Bertz CT molecular complexity index is 497. The molecule has 4 nitrogen and oxygen atoms in total. The number of aromatic nitrogens is 2. The Hall–Kier alpha value is -0.870. The van der Waals surface area contributed by atoms with Crippen molar-refractivity contribution in [1.29, 1.82) is 0 Å². The molecule has 3 fully saturated rings. The lowest BCUT2D eigenvalue weighted by atomic mass is 9.83. The molecule has 20 heavy (non-hydrogen) atoms. The Morgan fingerprint density at radius 1 is 1.25 bits per heavy atom. The van der Waals surface area contributed by atoms with Crippen LogP contribution in [0.4, 0.5) is 0 Å². The van der Waals surface area contributed by atoms with Crippen molar-refractivity contribution in [2.45, 2.75) is 51.6 Å². The van der Waals surface area contributed by atoms with Crippen LogP contribution in [0.15, 0.2) is 0 Å². The number of imidazole rings is 1. The van der Waals surface area contributed by atoms with Crippen LogP contribution in [-0.2, 0) is 13.0 Å². The van der Waals surface area contributed by atoms with Crippen LogP contribution in [0.2, 0.25) is 0 Å². The molecule has 4 heteroatoms. The second-order valence-corrected chi connectivity index (χ2v) is 7.02. The Morgan fingerprint density at radius 3 is 2.70 bits per heavy atom. The highest BCUT2D eigenvalue weighted by Gasteiger charge is 2.38. The van der Waals surface area contributed by atoms with Gasteiger partial charge >= 0.3 is 0 Å². The molecule has 5 heterocycles. The molecule has 1 N–H and O–H groups in total. The molecule has 0 saturated carbocycles. The molecule has 1 aromatic rings. The third-order valence-corrected chi connectivity index (χ3v) is 5.42. The minimum atomic E-state index is 0.524. The van der Waals surface area contributed by atoms with E-state index in [1.54, 1.807) is 0 Å². The van der Waals surface area contributed by atoms with Crippen LogP contribution < -0.4 is 5.32 Å². The van der Waals surface area contributed by atoms with Crippen molar-refractivity contribution < 1.29 is 0 Å². The predicted molar refractivity (Wildman–Crippen MR) is 79.9 cm³/mol. The number of hydrogen-bond acceptors (Lipinski definition) is 3. The van der Waals surface area contributed by atoms with Gasteiger partial charge < -0.3 is 14.8 Å². The summed E-state index contributed by atoms with van der Waals surface area (Å²) < 4.78 is 2.66. The summed E-state index contributed by atoms with van der Waals surface area (Å²) in [6.45, 7) is 10.5. The number of piperidine rings is 3. The van der Waals surface area contributed by atoms with Gasteiger partial charge in [0.05, 0.1) is 11.7 Å². The SMILES string of the molecule is CC(C)c1nc2c(n1C1CN3CCC1CC3)CCNC2. The standard InChI is InChI=1S/C16H26N4/c1-11(2)16-18-13-9-17-6-3-14(13)20(16)15-10-19-7-4-12(15)5-8-19/h11-12,15,17H,3-10H2,1-2H3. The zero-order valence-corrected chi connectivity index (χ0v) is 12.7. The summed E-state index contributed by atoms with van der Waals surface area (Å²) in [5.74, 6) is 2.74. The van der Waals surface area contributed by atoms with Crippen molar-refractivity contribution in [3.63, 3.8) is 0 Å². The van der Waals surface area contributed by atoms with E-state index in [0.717, 1.165) is 25.4 Å². The van der Waals surface area contributed by atoms with Crippen molar-refractivity contribution in [2.75, 3.05) is 26.2 Å². The van der Waals surface area contributed by atoms with Crippen molar-refractivity contribution in [3.8, 4) is 0 Å². The molecule has 4 aliphatic heterocycles. The predicted octanol–water partition coefficient (Wildman–Crippen LogP) is 1.92. The molecular weight excluding hydrogens is 248 g/mol. The van der Waals surface area contributed by atoms with E-state index in [2.05, 4.69) is 28.6 Å². The molecule has 3 saturated heterocycles. The highest BCUT2D eigenvalue weighted by molar-refractivity contribution is 5.23. The van der Waals surface area contributed by atoms with Gasteiger partial charge in [-0.3, -0.25) is 0 Å². The first kappa shape index (κ1) is 12.8. The van der Waals surface area contributed by atoms with Crippen LogP contribution >= 0.6 is 0 Å². The first-order valence-corrected chi connectivity index (χ1v) is 8.27. The molecule has 0 aliphatic carbocycles. The molecule has 5 rings (SSSR count). The maximum Gasteiger partial charge on any atom is 0.112 e. The maximum absolute atomic E-state index is 4.99. The minimum absolute atomic E-state index is 0.524. The van der Waals surface area contributed by atoms with E-state index < -0.39 is 0 Å². The molecule has 1 aromatic heterocycles. The fourth-order valence-electron chi connectivity index (χ4n) is 4.36. The van der Waals surface area contributed by atoms with Crippen LogP contribution in [0.25, 0.3) is 0 Å². The van der Waals surface area contributed by atoms with Gasteiger partial charge in [-0.2, -0.15) is 0 Å². The molecule has 1 atom stereocenters. The summed E-state index contributed by atoms with van der Waals surface area (Å²) in [6.07, 6.45) is 3.92. The Balaban J connectivity index is 1.77. The van der Waals surface area contributed by atoms with Crippen LogP contribution in [0, 0.1) is 5.92 Å². The molecule has 4 aliphatic rings. The average Bonchev–Trinajstić information content (AvgIpc) is 2.88. The molecule has 0 aromatic carbocycles. The Kier molecular flexibility index (Phi) is 3.11. The highest BCUT2D eigenvalue weighted by atomic mass is 15.2. The van der Waals surface area contributed by atoms with Gasteiger partial charge in [-0.05, 0) is 31.8 Å². The number of rotatable bonds is 2. The molecule has 0 amide bonds. The third-order valence-electron chi connectivity index (χ3n) is 5.42.